The molecule has 2 fully saturated rings. The molecule has 2 aliphatic rings. The van der Waals surface area contributed by atoms with Gasteiger partial charge in [-0.25, -0.2) is 0 Å². The number of ether oxygens (including phenoxy) is 2. The van der Waals surface area contributed by atoms with Gasteiger partial charge < -0.3 is 14.8 Å². The van der Waals surface area contributed by atoms with Crippen molar-refractivity contribution in [1.29, 1.82) is 0 Å². The standard InChI is InChI=1S/C21H32N2O3/c1-15(2)20-17(10-13-26-20)21(24)22-14-18(23-11-6-7-12-23)16-8-4-5-9-19(16)25-3/h4-5,8-9,15,17-18,20H,6-7,10-14H2,1-3H3,(H,22,24)/t17-,18-,20+/m0/s1. The summed E-state index contributed by atoms with van der Waals surface area (Å²) in [6, 6.07) is 8.30. The van der Waals surface area contributed by atoms with Crippen LogP contribution in [0.15, 0.2) is 24.3 Å². The molecule has 144 valence electrons. The molecular formula is C21H32N2O3. The second kappa shape index (κ2) is 8.87. The molecule has 1 aromatic rings. The Labute approximate surface area is 157 Å². The van der Waals surface area contributed by atoms with Gasteiger partial charge in [0.05, 0.1) is 25.2 Å². The molecule has 5 heteroatoms. The van der Waals surface area contributed by atoms with Crippen LogP contribution in [-0.2, 0) is 9.53 Å². The first kappa shape index (κ1) is 19.2. The smallest absolute Gasteiger partial charge is 0.225 e. The number of nitrogens with one attached hydrogen (secondary N) is 1. The van der Waals surface area contributed by atoms with Crippen LogP contribution in [0.3, 0.4) is 0 Å². The third-order valence-corrected chi connectivity index (χ3v) is 5.68. The van der Waals surface area contributed by atoms with Crippen LogP contribution in [0.1, 0.15) is 44.7 Å². The van der Waals surface area contributed by atoms with E-state index in [2.05, 4.69) is 30.1 Å². The number of likely N-dealkylation sites (tertiary alicyclic amines) is 1. The zero-order valence-corrected chi connectivity index (χ0v) is 16.2. The van der Waals surface area contributed by atoms with Gasteiger partial charge in [-0.15, -0.1) is 0 Å². The van der Waals surface area contributed by atoms with Crippen LogP contribution in [0.4, 0.5) is 0 Å². The fraction of sp³-hybridized carbons (Fsp3) is 0.667. The number of para-hydroxylation sites is 1. The predicted molar refractivity (Wildman–Crippen MR) is 102 cm³/mol. The van der Waals surface area contributed by atoms with Gasteiger partial charge in [0, 0.05) is 18.7 Å². The van der Waals surface area contributed by atoms with E-state index in [9.17, 15) is 4.79 Å². The van der Waals surface area contributed by atoms with Gasteiger partial charge in [0.1, 0.15) is 5.75 Å². The summed E-state index contributed by atoms with van der Waals surface area (Å²) in [4.78, 5) is 15.3. The molecule has 3 atom stereocenters. The molecule has 3 rings (SSSR count). The number of methoxy groups -OCH3 is 1. The molecule has 2 saturated heterocycles. The highest BCUT2D eigenvalue weighted by Gasteiger charge is 2.36. The van der Waals surface area contributed by atoms with Crippen LogP contribution in [0.5, 0.6) is 5.75 Å². The fourth-order valence-corrected chi connectivity index (χ4v) is 4.31. The Balaban J connectivity index is 1.71. The molecule has 1 aromatic carbocycles. The van der Waals surface area contributed by atoms with Crippen molar-refractivity contribution in [2.45, 2.75) is 45.3 Å². The van der Waals surface area contributed by atoms with Crippen LogP contribution in [-0.4, -0.2) is 50.3 Å². The molecule has 0 saturated carbocycles. The third kappa shape index (κ3) is 4.21. The quantitative estimate of drug-likeness (QED) is 0.812. The van der Waals surface area contributed by atoms with E-state index in [0.717, 1.165) is 30.8 Å². The van der Waals surface area contributed by atoms with Crippen LogP contribution < -0.4 is 10.1 Å². The van der Waals surface area contributed by atoms with Crippen molar-refractivity contribution in [2.24, 2.45) is 11.8 Å². The van der Waals surface area contributed by atoms with E-state index in [4.69, 9.17) is 9.47 Å². The number of amides is 1. The summed E-state index contributed by atoms with van der Waals surface area (Å²) in [5.41, 5.74) is 1.15. The van der Waals surface area contributed by atoms with Crippen molar-refractivity contribution in [3.63, 3.8) is 0 Å². The Morgan fingerprint density at radius 3 is 2.73 bits per heavy atom. The SMILES string of the molecule is COc1ccccc1[C@H](CNC(=O)[C@H]1CCO[C@@H]1C(C)C)N1CCCC1. The van der Waals surface area contributed by atoms with Crippen LogP contribution in [0.25, 0.3) is 0 Å². The topological polar surface area (TPSA) is 50.8 Å². The van der Waals surface area contributed by atoms with E-state index < -0.39 is 0 Å². The summed E-state index contributed by atoms with van der Waals surface area (Å²) in [7, 11) is 1.71. The zero-order valence-electron chi connectivity index (χ0n) is 16.2. The van der Waals surface area contributed by atoms with Gasteiger partial charge >= 0.3 is 0 Å². The Bertz CT molecular complexity index is 599. The lowest BCUT2D eigenvalue weighted by Gasteiger charge is -2.30. The minimum Gasteiger partial charge on any atom is -0.496 e. The maximum atomic E-state index is 12.8. The van der Waals surface area contributed by atoms with Gasteiger partial charge in [0.25, 0.3) is 0 Å². The minimum atomic E-state index is -0.0353. The van der Waals surface area contributed by atoms with E-state index in [1.54, 1.807) is 7.11 Å². The molecule has 1 N–H and O–H groups in total. The molecule has 0 aliphatic carbocycles. The second-order valence-electron chi connectivity index (χ2n) is 7.72. The fourth-order valence-electron chi connectivity index (χ4n) is 4.31. The maximum absolute atomic E-state index is 12.8. The van der Waals surface area contributed by atoms with Crippen molar-refractivity contribution in [3.05, 3.63) is 29.8 Å². The molecule has 5 nitrogen and oxygen atoms in total. The largest absolute Gasteiger partial charge is 0.496 e. The third-order valence-electron chi connectivity index (χ3n) is 5.68. The van der Waals surface area contributed by atoms with Crippen molar-refractivity contribution >= 4 is 5.91 Å². The Hall–Kier alpha value is -1.59. The predicted octanol–water partition coefficient (Wildman–Crippen LogP) is 3.01. The van der Waals surface area contributed by atoms with E-state index in [-0.39, 0.29) is 24.0 Å². The lowest BCUT2D eigenvalue weighted by Crippen LogP contribution is -2.42. The molecule has 0 aromatic heterocycles. The summed E-state index contributed by atoms with van der Waals surface area (Å²) in [5.74, 6) is 1.34. The van der Waals surface area contributed by atoms with E-state index in [1.165, 1.54) is 12.8 Å². The first-order valence-electron chi connectivity index (χ1n) is 9.88. The van der Waals surface area contributed by atoms with Crippen molar-refractivity contribution in [2.75, 3.05) is 33.4 Å². The van der Waals surface area contributed by atoms with E-state index in [0.29, 0.717) is 19.1 Å². The monoisotopic (exact) mass is 360 g/mol. The lowest BCUT2D eigenvalue weighted by atomic mass is 9.92. The summed E-state index contributed by atoms with van der Waals surface area (Å²) in [5, 5.41) is 3.22. The molecule has 26 heavy (non-hydrogen) atoms. The molecule has 2 aliphatic heterocycles. The zero-order chi connectivity index (χ0) is 18.5. The summed E-state index contributed by atoms with van der Waals surface area (Å²) in [6.45, 7) is 7.68. The average Bonchev–Trinajstić information content (AvgIpc) is 3.34. The van der Waals surface area contributed by atoms with Crippen LogP contribution in [0.2, 0.25) is 0 Å². The van der Waals surface area contributed by atoms with Gasteiger partial charge in [-0.3, -0.25) is 9.69 Å². The molecule has 0 radical (unpaired) electrons. The number of carbonyl (C=O) groups is 1. The maximum Gasteiger partial charge on any atom is 0.225 e. The molecular weight excluding hydrogens is 328 g/mol. The first-order chi connectivity index (χ1) is 12.6. The number of carbonyl (C=O) groups excluding carboxylic acids is 1. The molecule has 0 bridgehead atoms. The molecule has 0 spiro atoms. The second-order valence-corrected chi connectivity index (χ2v) is 7.72. The van der Waals surface area contributed by atoms with Crippen molar-refractivity contribution in [3.8, 4) is 5.75 Å². The minimum absolute atomic E-state index is 0.0338. The van der Waals surface area contributed by atoms with Gasteiger partial charge in [-0.05, 0) is 44.3 Å². The number of hydrogen-bond acceptors (Lipinski definition) is 4. The van der Waals surface area contributed by atoms with Gasteiger partial charge in [0.15, 0.2) is 0 Å². The average molecular weight is 360 g/mol. The van der Waals surface area contributed by atoms with Crippen LogP contribution >= 0.6 is 0 Å². The Morgan fingerprint density at radius 1 is 1.31 bits per heavy atom. The lowest BCUT2D eigenvalue weighted by molar-refractivity contribution is -0.127. The number of hydrogen-bond donors (Lipinski definition) is 1. The van der Waals surface area contributed by atoms with E-state index >= 15 is 0 Å². The Kier molecular flexibility index (Phi) is 6.54. The molecule has 2 heterocycles. The van der Waals surface area contributed by atoms with Crippen LogP contribution in [0, 0.1) is 11.8 Å². The number of nitrogens with zero attached hydrogens (tertiary/aromatic N) is 1. The Morgan fingerprint density at radius 2 is 2.04 bits per heavy atom. The molecule has 0 unspecified atom stereocenters. The summed E-state index contributed by atoms with van der Waals surface area (Å²) < 4.78 is 11.4. The molecule has 1 amide bonds. The van der Waals surface area contributed by atoms with Crippen molar-refractivity contribution in [1.82, 2.24) is 10.2 Å². The van der Waals surface area contributed by atoms with Gasteiger partial charge in [-0.2, -0.15) is 0 Å². The van der Waals surface area contributed by atoms with Crippen molar-refractivity contribution < 1.29 is 14.3 Å². The highest BCUT2D eigenvalue weighted by Crippen LogP contribution is 2.32. The summed E-state index contributed by atoms with van der Waals surface area (Å²) in [6.07, 6.45) is 3.28. The van der Waals surface area contributed by atoms with Gasteiger partial charge in [0.2, 0.25) is 5.91 Å². The first-order valence-corrected chi connectivity index (χ1v) is 9.88. The summed E-state index contributed by atoms with van der Waals surface area (Å²) >= 11 is 0. The highest BCUT2D eigenvalue weighted by atomic mass is 16.5. The normalized spacial score (nSPS) is 24.8. The van der Waals surface area contributed by atoms with Gasteiger partial charge in [-0.1, -0.05) is 32.0 Å². The number of rotatable bonds is 7. The highest BCUT2D eigenvalue weighted by molar-refractivity contribution is 5.79. The number of benzene rings is 1. The van der Waals surface area contributed by atoms with E-state index in [1.807, 2.05) is 18.2 Å².